The molecule has 0 radical (unpaired) electrons. The lowest BCUT2D eigenvalue weighted by Gasteiger charge is -2.08. The van der Waals surface area contributed by atoms with E-state index in [-0.39, 0.29) is 0 Å². The minimum Gasteiger partial charge on any atom is -0.477 e. The third-order valence-corrected chi connectivity index (χ3v) is 1.85. The van der Waals surface area contributed by atoms with Crippen LogP contribution in [0.2, 0.25) is 0 Å². The van der Waals surface area contributed by atoms with Gasteiger partial charge in [-0.3, -0.25) is 5.43 Å². The van der Waals surface area contributed by atoms with Crippen molar-refractivity contribution in [3.63, 3.8) is 0 Å². The number of rotatable bonds is 6. The summed E-state index contributed by atoms with van der Waals surface area (Å²) in [6.45, 7) is 6.15. The average Bonchev–Trinajstić information content (AvgIpc) is 2.26. The van der Waals surface area contributed by atoms with Crippen LogP contribution in [0.3, 0.4) is 0 Å². The second kappa shape index (κ2) is 5.98. The van der Waals surface area contributed by atoms with Crippen LogP contribution in [-0.4, -0.2) is 16.6 Å². The Morgan fingerprint density at radius 1 is 1.67 bits per heavy atom. The molecule has 0 aliphatic carbocycles. The monoisotopic (exact) mass is 208 g/mol. The zero-order valence-electron chi connectivity index (χ0n) is 8.86. The van der Waals surface area contributed by atoms with Gasteiger partial charge in [-0.1, -0.05) is 6.08 Å². The van der Waals surface area contributed by atoms with Gasteiger partial charge in [-0.25, -0.2) is 10.8 Å². The van der Waals surface area contributed by atoms with Crippen LogP contribution in [0.4, 0.5) is 5.95 Å². The average molecular weight is 208 g/mol. The topological polar surface area (TPSA) is 73.1 Å². The molecule has 0 spiro atoms. The number of unbranched alkanes of at least 4 members (excludes halogenated alkanes) is 1. The van der Waals surface area contributed by atoms with E-state index < -0.39 is 0 Å². The first kappa shape index (κ1) is 11.5. The normalized spacial score (nSPS) is 9.73. The minimum atomic E-state index is 0.360. The molecule has 1 aromatic heterocycles. The number of ether oxygens (including phenoxy) is 1. The van der Waals surface area contributed by atoms with E-state index in [2.05, 4.69) is 22.0 Å². The second-order valence-electron chi connectivity index (χ2n) is 3.11. The molecule has 0 saturated carbocycles. The maximum Gasteiger partial charge on any atom is 0.240 e. The summed E-state index contributed by atoms with van der Waals surface area (Å²) < 4.78 is 5.49. The van der Waals surface area contributed by atoms with Crippen molar-refractivity contribution in [1.29, 1.82) is 0 Å². The van der Waals surface area contributed by atoms with Gasteiger partial charge in [0.15, 0.2) is 0 Å². The summed E-state index contributed by atoms with van der Waals surface area (Å²) in [6, 6.07) is 0. The Morgan fingerprint density at radius 2 is 2.47 bits per heavy atom. The first-order valence-electron chi connectivity index (χ1n) is 4.82. The fraction of sp³-hybridized carbons (Fsp3) is 0.400. The molecule has 0 aliphatic heterocycles. The summed E-state index contributed by atoms with van der Waals surface area (Å²) in [6.07, 6.45) is 5.40. The standard InChI is InChI=1S/C10H16N4O/c1-3-4-5-6-15-9-8(2)7-12-10(13-9)14-11/h3,7H,1,4-6,11H2,2H3,(H,12,13,14). The van der Waals surface area contributed by atoms with Gasteiger partial charge in [0.05, 0.1) is 6.61 Å². The lowest BCUT2D eigenvalue weighted by Crippen LogP contribution is -2.11. The molecular formula is C10H16N4O. The summed E-state index contributed by atoms with van der Waals surface area (Å²) in [5.74, 6) is 6.13. The van der Waals surface area contributed by atoms with E-state index in [1.165, 1.54) is 0 Å². The summed E-state index contributed by atoms with van der Waals surface area (Å²) in [7, 11) is 0. The van der Waals surface area contributed by atoms with Crippen LogP contribution >= 0.6 is 0 Å². The lowest BCUT2D eigenvalue weighted by molar-refractivity contribution is 0.298. The van der Waals surface area contributed by atoms with E-state index in [4.69, 9.17) is 10.6 Å². The third kappa shape index (κ3) is 3.55. The minimum absolute atomic E-state index is 0.360. The SMILES string of the molecule is C=CCCCOc1nc(NN)ncc1C. The molecule has 0 unspecified atom stereocenters. The summed E-state index contributed by atoms with van der Waals surface area (Å²) in [5.41, 5.74) is 3.27. The highest BCUT2D eigenvalue weighted by atomic mass is 16.5. The Hall–Kier alpha value is -1.62. The fourth-order valence-corrected chi connectivity index (χ4v) is 1.04. The number of anilines is 1. The maximum absolute atomic E-state index is 5.49. The Bertz CT molecular complexity index is 327. The number of aromatic nitrogens is 2. The highest BCUT2D eigenvalue weighted by Crippen LogP contribution is 2.14. The van der Waals surface area contributed by atoms with Crippen molar-refractivity contribution in [2.24, 2.45) is 5.84 Å². The Labute approximate surface area is 89.3 Å². The molecule has 0 bridgehead atoms. The van der Waals surface area contributed by atoms with Crippen LogP contribution in [0.5, 0.6) is 5.88 Å². The number of allylic oxidation sites excluding steroid dienone is 1. The van der Waals surface area contributed by atoms with Crippen molar-refractivity contribution in [2.75, 3.05) is 12.0 Å². The van der Waals surface area contributed by atoms with E-state index in [9.17, 15) is 0 Å². The van der Waals surface area contributed by atoms with Crippen molar-refractivity contribution >= 4 is 5.95 Å². The van der Waals surface area contributed by atoms with Crippen LogP contribution in [0.1, 0.15) is 18.4 Å². The molecule has 0 aliphatic rings. The van der Waals surface area contributed by atoms with Gasteiger partial charge in [0.25, 0.3) is 0 Å². The zero-order valence-corrected chi connectivity index (χ0v) is 8.86. The Kier molecular flexibility index (Phi) is 4.56. The quantitative estimate of drug-likeness (QED) is 0.320. The van der Waals surface area contributed by atoms with Gasteiger partial charge in [0.1, 0.15) is 0 Å². The molecule has 5 nitrogen and oxygen atoms in total. The van der Waals surface area contributed by atoms with Crippen LogP contribution < -0.4 is 16.0 Å². The molecule has 1 rings (SSSR count). The van der Waals surface area contributed by atoms with E-state index in [1.807, 2.05) is 13.0 Å². The largest absolute Gasteiger partial charge is 0.477 e. The zero-order chi connectivity index (χ0) is 11.1. The van der Waals surface area contributed by atoms with Crippen molar-refractivity contribution in [3.8, 4) is 5.88 Å². The summed E-state index contributed by atoms with van der Waals surface area (Å²) in [5, 5.41) is 0. The third-order valence-electron chi connectivity index (χ3n) is 1.85. The smallest absolute Gasteiger partial charge is 0.240 e. The number of nitrogen functional groups attached to an aromatic ring is 1. The molecule has 1 heterocycles. The molecule has 15 heavy (non-hydrogen) atoms. The van der Waals surface area contributed by atoms with Crippen LogP contribution in [-0.2, 0) is 0 Å². The Morgan fingerprint density at radius 3 is 3.13 bits per heavy atom. The molecule has 0 aromatic carbocycles. The predicted octanol–water partition coefficient (Wildman–Crippen LogP) is 1.42. The van der Waals surface area contributed by atoms with Gasteiger partial charge in [-0.15, -0.1) is 6.58 Å². The van der Waals surface area contributed by atoms with Crippen molar-refractivity contribution in [1.82, 2.24) is 9.97 Å². The summed E-state index contributed by atoms with van der Waals surface area (Å²) >= 11 is 0. The number of aryl methyl sites for hydroxylation is 1. The van der Waals surface area contributed by atoms with E-state index in [1.54, 1.807) is 6.20 Å². The van der Waals surface area contributed by atoms with Gasteiger partial charge >= 0.3 is 0 Å². The number of hydrazine groups is 1. The molecular weight excluding hydrogens is 192 g/mol. The molecule has 3 N–H and O–H groups in total. The highest BCUT2D eigenvalue weighted by molar-refractivity contribution is 5.31. The van der Waals surface area contributed by atoms with Gasteiger partial charge in [0, 0.05) is 11.8 Å². The number of hydrogen-bond donors (Lipinski definition) is 2. The van der Waals surface area contributed by atoms with E-state index in [0.29, 0.717) is 18.4 Å². The van der Waals surface area contributed by atoms with E-state index in [0.717, 1.165) is 18.4 Å². The van der Waals surface area contributed by atoms with Gasteiger partial charge in [-0.05, 0) is 19.8 Å². The van der Waals surface area contributed by atoms with Gasteiger partial charge < -0.3 is 4.74 Å². The molecule has 0 fully saturated rings. The number of nitrogens with zero attached hydrogens (tertiary/aromatic N) is 2. The first-order chi connectivity index (χ1) is 7.27. The molecule has 0 saturated heterocycles. The van der Waals surface area contributed by atoms with E-state index >= 15 is 0 Å². The van der Waals surface area contributed by atoms with Crippen molar-refractivity contribution in [3.05, 3.63) is 24.4 Å². The molecule has 0 atom stereocenters. The fourth-order valence-electron chi connectivity index (χ4n) is 1.04. The first-order valence-corrected chi connectivity index (χ1v) is 4.82. The number of nitrogens with two attached hydrogens (primary N) is 1. The number of nitrogens with one attached hydrogen (secondary N) is 1. The highest BCUT2D eigenvalue weighted by Gasteiger charge is 2.03. The Balaban J connectivity index is 2.54. The van der Waals surface area contributed by atoms with Crippen molar-refractivity contribution < 1.29 is 4.74 Å². The van der Waals surface area contributed by atoms with Gasteiger partial charge in [-0.2, -0.15) is 4.98 Å². The molecule has 82 valence electrons. The molecule has 1 aromatic rings. The maximum atomic E-state index is 5.49. The van der Waals surface area contributed by atoms with Crippen LogP contribution in [0, 0.1) is 6.92 Å². The predicted molar refractivity (Wildman–Crippen MR) is 59.5 cm³/mol. The van der Waals surface area contributed by atoms with Crippen LogP contribution in [0.15, 0.2) is 18.9 Å². The lowest BCUT2D eigenvalue weighted by atomic mass is 10.3. The molecule has 0 amide bonds. The van der Waals surface area contributed by atoms with Crippen LogP contribution in [0.25, 0.3) is 0 Å². The summed E-state index contributed by atoms with van der Waals surface area (Å²) in [4.78, 5) is 8.05. The second-order valence-corrected chi connectivity index (χ2v) is 3.11. The van der Waals surface area contributed by atoms with Crippen molar-refractivity contribution in [2.45, 2.75) is 19.8 Å². The number of hydrogen-bond acceptors (Lipinski definition) is 5. The molecule has 5 heteroatoms. The van der Waals surface area contributed by atoms with Gasteiger partial charge in [0.2, 0.25) is 11.8 Å².